The number of hydrogen-bond acceptors (Lipinski definition) is 4. The van der Waals surface area contributed by atoms with Crippen molar-refractivity contribution in [3.05, 3.63) is 59.1 Å². The van der Waals surface area contributed by atoms with Crippen LogP contribution in [0.2, 0.25) is 5.02 Å². The molecular weight excluding hydrogens is 352 g/mol. The number of rotatable bonds is 5. The van der Waals surface area contributed by atoms with E-state index >= 15 is 0 Å². The number of para-hydroxylation sites is 1. The van der Waals surface area contributed by atoms with Crippen LogP contribution in [0.1, 0.15) is 17.3 Å². The molecule has 0 unspecified atom stereocenters. The van der Waals surface area contributed by atoms with Crippen molar-refractivity contribution in [3.8, 4) is 5.75 Å². The lowest BCUT2D eigenvalue weighted by molar-refractivity contribution is -0.133. The molecular formula is C20H21ClN2O3. The van der Waals surface area contributed by atoms with Gasteiger partial charge < -0.3 is 14.5 Å². The number of carbonyl (C=O) groups is 2. The third kappa shape index (κ3) is 4.35. The number of ether oxygens (including phenoxy) is 1. The van der Waals surface area contributed by atoms with Crippen LogP contribution < -0.4 is 9.64 Å². The van der Waals surface area contributed by atoms with Gasteiger partial charge in [-0.05, 0) is 43.3 Å². The zero-order valence-corrected chi connectivity index (χ0v) is 15.4. The van der Waals surface area contributed by atoms with Crippen molar-refractivity contribution in [2.75, 3.05) is 37.7 Å². The molecule has 2 aromatic rings. The molecule has 2 aromatic carbocycles. The Bertz CT molecular complexity index is 784. The van der Waals surface area contributed by atoms with E-state index in [9.17, 15) is 9.59 Å². The topological polar surface area (TPSA) is 49.9 Å². The summed E-state index contributed by atoms with van der Waals surface area (Å²) in [5, 5.41) is 0.499. The first-order valence-corrected chi connectivity index (χ1v) is 8.93. The number of halogens is 1. The maximum atomic E-state index is 12.3. The molecule has 1 heterocycles. The van der Waals surface area contributed by atoms with Crippen LogP contribution in [-0.2, 0) is 4.79 Å². The van der Waals surface area contributed by atoms with Gasteiger partial charge in [0.1, 0.15) is 5.75 Å². The molecule has 1 aliphatic heterocycles. The second-order valence-electron chi connectivity index (χ2n) is 6.19. The maximum Gasteiger partial charge on any atom is 0.260 e. The van der Waals surface area contributed by atoms with Crippen molar-refractivity contribution < 1.29 is 14.3 Å². The largest absolute Gasteiger partial charge is 0.482 e. The van der Waals surface area contributed by atoms with Gasteiger partial charge in [0, 0.05) is 37.4 Å². The molecule has 1 aliphatic rings. The normalized spacial score (nSPS) is 14.2. The summed E-state index contributed by atoms with van der Waals surface area (Å²) in [6, 6.07) is 14.7. The van der Waals surface area contributed by atoms with Crippen LogP contribution in [0.4, 0.5) is 5.69 Å². The summed E-state index contributed by atoms with van der Waals surface area (Å²) < 4.78 is 5.53. The lowest BCUT2D eigenvalue weighted by atomic mass is 10.1. The first-order valence-electron chi connectivity index (χ1n) is 8.55. The second-order valence-corrected chi connectivity index (χ2v) is 6.60. The zero-order chi connectivity index (χ0) is 18.5. The number of amides is 1. The van der Waals surface area contributed by atoms with Crippen molar-refractivity contribution >= 4 is 29.0 Å². The number of piperazine rings is 1. The van der Waals surface area contributed by atoms with E-state index in [0.717, 1.165) is 18.8 Å². The highest BCUT2D eigenvalue weighted by atomic mass is 35.5. The van der Waals surface area contributed by atoms with Gasteiger partial charge >= 0.3 is 0 Å². The minimum atomic E-state index is -0.0449. The Hall–Kier alpha value is -2.53. The Morgan fingerprint density at radius 1 is 1.00 bits per heavy atom. The predicted octanol–water partition coefficient (Wildman–Crippen LogP) is 3.27. The highest BCUT2D eigenvalue weighted by molar-refractivity contribution is 6.32. The van der Waals surface area contributed by atoms with Gasteiger partial charge in [-0.1, -0.05) is 23.7 Å². The molecule has 1 fully saturated rings. The number of benzene rings is 2. The summed E-state index contributed by atoms with van der Waals surface area (Å²) in [6.45, 7) is 4.31. The highest BCUT2D eigenvalue weighted by Crippen LogP contribution is 2.23. The molecule has 0 radical (unpaired) electrons. The smallest absolute Gasteiger partial charge is 0.260 e. The Labute approximate surface area is 158 Å². The van der Waals surface area contributed by atoms with Crippen LogP contribution in [0.3, 0.4) is 0 Å². The lowest BCUT2D eigenvalue weighted by Gasteiger charge is -2.36. The average molecular weight is 373 g/mol. The van der Waals surface area contributed by atoms with E-state index in [1.165, 1.54) is 0 Å². The van der Waals surface area contributed by atoms with Crippen LogP contribution in [-0.4, -0.2) is 49.4 Å². The SMILES string of the molecule is CC(=O)c1ccc(N2CCN(C(=O)COc3ccccc3Cl)CC2)cc1. The van der Waals surface area contributed by atoms with Crippen molar-refractivity contribution in [3.63, 3.8) is 0 Å². The first kappa shape index (κ1) is 18.3. The Morgan fingerprint density at radius 3 is 2.27 bits per heavy atom. The number of carbonyl (C=O) groups excluding carboxylic acids is 2. The summed E-state index contributed by atoms with van der Waals surface area (Å²) in [5.74, 6) is 0.536. The summed E-state index contributed by atoms with van der Waals surface area (Å²) >= 11 is 6.03. The predicted molar refractivity (Wildman–Crippen MR) is 102 cm³/mol. The van der Waals surface area contributed by atoms with E-state index in [2.05, 4.69) is 4.90 Å². The number of ketones is 1. The van der Waals surface area contributed by atoms with Crippen molar-refractivity contribution in [2.45, 2.75) is 6.92 Å². The third-order valence-electron chi connectivity index (χ3n) is 4.46. The zero-order valence-electron chi connectivity index (χ0n) is 14.7. The molecule has 0 aliphatic carbocycles. The Morgan fingerprint density at radius 2 is 1.65 bits per heavy atom. The van der Waals surface area contributed by atoms with Crippen LogP contribution in [0.5, 0.6) is 5.75 Å². The van der Waals surface area contributed by atoms with Crippen LogP contribution in [0.25, 0.3) is 0 Å². The molecule has 5 nitrogen and oxygen atoms in total. The maximum absolute atomic E-state index is 12.3. The fourth-order valence-corrected chi connectivity index (χ4v) is 3.10. The molecule has 0 atom stereocenters. The van der Waals surface area contributed by atoms with Gasteiger partial charge in [-0.2, -0.15) is 0 Å². The molecule has 3 rings (SSSR count). The minimum Gasteiger partial charge on any atom is -0.482 e. The fourth-order valence-electron chi connectivity index (χ4n) is 2.91. The van der Waals surface area contributed by atoms with Gasteiger partial charge in [0.25, 0.3) is 5.91 Å². The van der Waals surface area contributed by atoms with Crippen molar-refractivity contribution in [2.24, 2.45) is 0 Å². The van der Waals surface area contributed by atoms with Gasteiger partial charge in [-0.3, -0.25) is 9.59 Å². The molecule has 0 saturated carbocycles. The average Bonchev–Trinajstić information content (AvgIpc) is 2.67. The number of hydrogen-bond donors (Lipinski definition) is 0. The van der Waals surface area contributed by atoms with Crippen LogP contribution in [0.15, 0.2) is 48.5 Å². The minimum absolute atomic E-state index is 0.0168. The second kappa shape index (κ2) is 8.23. The molecule has 0 bridgehead atoms. The Balaban J connectivity index is 1.50. The van der Waals surface area contributed by atoms with Gasteiger partial charge in [-0.25, -0.2) is 0 Å². The number of Topliss-reactive ketones (excluding diaryl/α,β-unsaturated/α-hetero) is 1. The van der Waals surface area contributed by atoms with E-state index in [4.69, 9.17) is 16.3 Å². The monoisotopic (exact) mass is 372 g/mol. The van der Waals surface area contributed by atoms with E-state index < -0.39 is 0 Å². The van der Waals surface area contributed by atoms with Gasteiger partial charge in [0.15, 0.2) is 12.4 Å². The molecule has 136 valence electrons. The van der Waals surface area contributed by atoms with Crippen LogP contribution >= 0.6 is 11.6 Å². The van der Waals surface area contributed by atoms with E-state index in [0.29, 0.717) is 29.4 Å². The number of anilines is 1. The van der Waals surface area contributed by atoms with E-state index in [1.807, 2.05) is 36.4 Å². The molecule has 0 N–H and O–H groups in total. The molecule has 26 heavy (non-hydrogen) atoms. The molecule has 0 aromatic heterocycles. The van der Waals surface area contributed by atoms with Crippen LogP contribution in [0, 0.1) is 0 Å². The van der Waals surface area contributed by atoms with Gasteiger partial charge in [-0.15, -0.1) is 0 Å². The van der Waals surface area contributed by atoms with Crippen molar-refractivity contribution in [1.29, 1.82) is 0 Å². The Kier molecular flexibility index (Phi) is 5.78. The highest BCUT2D eigenvalue weighted by Gasteiger charge is 2.22. The quantitative estimate of drug-likeness (QED) is 0.756. The first-order chi connectivity index (χ1) is 12.5. The third-order valence-corrected chi connectivity index (χ3v) is 4.77. The fraction of sp³-hybridized carbons (Fsp3) is 0.300. The molecule has 1 saturated heterocycles. The molecule has 6 heteroatoms. The summed E-state index contributed by atoms with van der Waals surface area (Å²) in [7, 11) is 0. The standard InChI is InChI=1S/C20H21ClN2O3/c1-15(24)16-6-8-17(9-7-16)22-10-12-23(13-11-22)20(25)14-26-19-5-3-2-4-18(19)21/h2-9H,10-14H2,1H3. The van der Waals surface area contributed by atoms with E-state index in [1.54, 1.807) is 24.0 Å². The summed E-state index contributed by atoms with van der Waals surface area (Å²) in [5.41, 5.74) is 1.77. The summed E-state index contributed by atoms with van der Waals surface area (Å²) in [4.78, 5) is 27.7. The van der Waals surface area contributed by atoms with Crippen molar-refractivity contribution in [1.82, 2.24) is 4.90 Å². The molecule has 1 amide bonds. The summed E-state index contributed by atoms with van der Waals surface area (Å²) in [6.07, 6.45) is 0. The van der Waals surface area contributed by atoms with E-state index in [-0.39, 0.29) is 18.3 Å². The lowest BCUT2D eigenvalue weighted by Crippen LogP contribution is -2.50. The van der Waals surface area contributed by atoms with Gasteiger partial charge in [0.2, 0.25) is 0 Å². The van der Waals surface area contributed by atoms with Gasteiger partial charge in [0.05, 0.1) is 5.02 Å². The molecule has 0 spiro atoms. The number of nitrogens with zero attached hydrogens (tertiary/aromatic N) is 2.